The lowest BCUT2D eigenvalue weighted by molar-refractivity contribution is -0.126. The van der Waals surface area contributed by atoms with Crippen molar-refractivity contribution in [3.63, 3.8) is 0 Å². The second-order valence-corrected chi connectivity index (χ2v) is 9.63. The smallest absolute Gasteiger partial charge is 0.338 e. The van der Waals surface area contributed by atoms with Gasteiger partial charge >= 0.3 is 5.97 Å². The summed E-state index contributed by atoms with van der Waals surface area (Å²) in [6.07, 6.45) is -0.417. The Balaban J connectivity index is 1.51. The summed E-state index contributed by atoms with van der Waals surface area (Å²) in [7, 11) is -2.25. The Hall–Kier alpha value is -3.65. The van der Waals surface area contributed by atoms with Crippen LogP contribution in [-0.2, 0) is 26.0 Å². The highest BCUT2D eigenvalue weighted by Crippen LogP contribution is 2.32. The van der Waals surface area contributed by atoms with Crippen molar-refractivity contribution in [3.05, 3.63) is 90.0 Å². The van der Waals surface area contributed by atoms with Crippen molar-refractivity contribution in [1.82, 2.24) is 0 Å². The molecule has 0 saturated carbocycles. The van der Waals surface area contributed by atoms with E-state index in [9.17, 15) is 18.0 Å². The summed E-state index contributed by atoms with van der Waals surface area (Å²) in [5.74, 6) is -1.16. The van der Waals surface area contributed by atoms with Crippen LogP contribution in [0.25, 0.3) is 0 Å². The highest BCUT2D eigenvalue weighted by Gasteiger charge is 2.31. The van der Waals surface area contributed by atoms with E-state index in [1.54, 1.807) is 43.4 Å². The quantitative estimate of drug-likeness (QED) is 0.520. The van der Waals surface area contributed by atoms with Gasteiger partial charge < -0.3 is 9.64 Å². The van der Waals surface area contributed by atoms with Crippen molar-refractivity contribution in [2.45, 2.75) is 24.3 Å². The van der Waals surface area contributed by atoms with Gasteiger partial charge in [-0.15, -0.1) is 0 Å². The molecule has 1 aliphatic rings. The molecule has 0 aliphatic carbocycles. The van der Waals surface area contributed by atoms with E-state index < -0.39 is 28.0 Å². The molecular formula is C25H24N2O5S. The molecule has 0 radical (unpaired) electrons. The lowest BCUT2D eigenvalue weighted by Crippen LogP contribution is -2.37. The zero-order chi connectivity index (χ0) is 23.6. The fourth-order valence-corrected chi connectivity index (χ4v) is 5.35. The molecule has 8 heteroatoms. The van der Waals surface area contributed by atoms with Crippen molar-refractivity contribution in [3.8, 4) is 0 Å². The van der Waals surface area contributed by atoms with E-state index in [2.05, 4.69) is 0 Å². The van der Waals surface area contributed by atoms with Crippen LogP contribution in [0, 0.1) is 0 Å². The monoisotopic (exact) mass is 464 g/mol. The average molecular weight is 465 g/mol. The molecule has 1 heterocycles. The van der Waals surface area contributed by atoms with Crippen LogP contribution in [0.15, 0.2) is 83.8 Å². The van der Waals surface area contributed by atoms with Gasteiger partial charge in [0.05, 0.1) is 16.1 Å². The number of amides is 1. The van der Waals surface area contributed by atoms with E-state index in [0.717, 1.165) is 5.56 Å². The number of sulfonamides is 1. The first kappa shape index (κ1) is 22.5. The molecule has 1 atom stereocenters. The molecule has 0 N–H and O–H groups in total. The molecule has 3 aromatic carbocycles. The zero-order valence-electron chi connectivity index (χ0n) is 18.3. The minimum absolute atomic E-state index is 0.00552. The number of ether oxygens (including phenoxy) is 1. The van der Waals surface area contributed by atoms with Gasteiger partial charge in [-0.2, -0.15) is 0 Å². The highest BCUT2D eigenvalue weighted by molar-refractivity contribution is 7.92. The SMILES string of the molecule is CC(OC(=O)c1cccc(S(=O)(=O)N2CCc3ccccc32)c1)C(=O)N(C)c1ccccc1. The fourth-order valence-electron chi connectivity index (χ4n) is 3.80. The molecule has 33 heavy (non-hydrogen) atoms. The molecule has 1 aliphatic heterocycles. The summed E-state index contributed by atoms with van der Waals surface area (Å²) in [4.78, 5) is 26.8. The van der Waals surface area contributed by atoms with Crippen LogP contribution in [0.5, 0.6) is 0 Å². The summed E-state index contributed by atoms with van der Waals surface area (Å²) < 4.78 is 33.2. The maximum atomic E-state index is 13.3. The van der Waals surface area contributed by atoms with Crippen LogP contribution in [0.1, 0.15) is 22.8 Å². The molecule has 170 valence electrons. The molecule has 4 rings (SSSR count). The first-order chi connectivity index (χ1) is 15.8. The van der Waals surface area contributed by atoms with Crippen LogP contribution < -0.4 is 9.21 Å². The number of benzene rings is 3. The van der Waals surface area contributed by atoms with Crippen molar-refractivity contribution in [1.29, 1.82) is 0 Å². The Morgan fingerprint density at radius 1 is 0.970 bits per heavy atom. The van der Waals surface area contributed by atoms with Crippen LogP contribution in [0.3, 0.4) is 0 Å². The minimum Gasteiger partial charge on any atom is -0.449 e. The molecule has 3 aromatic rings. The number of carbonyl (C=O) groups excluding carboxylic acids is 2. The average Bonchev–Trinajstić information content (AvgIpc) is 3.29. The largest absolute Gasteiger partial charge is 0.449 e. The van der Waals surface area contributed by atoms with Crippen LogP contribution in [0.2, 0.25) is 0 Å². The van der Waals surface area contributed by atoms with E-state index in [1.165, 1.54) is 40.4 Å². The highest BCUT2D eigenvalue weighted by atomic mass is 32.2. The summed E-state index contributed by atoms with van der Waals surface area (Å²) in [5, 5.41) is 0. The number of esters is 1. The Bertz CT molecular complexity index is 1290. The van der Waals surface area contributed by atoms with Crippen molar-refractivity contribution in [2.75, 3.05) is 22.8 Å². The van der Waals surface area contributed by atoms with Gasteiger partial charge in [0.1, 0.15) is 0 Å². The van der Waals surface area contributed by atoms with Crippen molar-refractivity contribution in [2.24, 2.45) is 0 Å². The number of carbonyl (C=O) groups is 2. The second-order valence-electron chi connectivity index (χ2n) is 7.76. The van der Waals surface area contributed by atoms with Gasteiger partial charge in [-0.3, -0.25) is 9.10 Å². The number of rotatable bonds is 6. The Labute approximate surface area is 193 Å². The van der Waals surface area contributed by atoms with Gasteiger partial charge in [0.15, 0.2) is 6.10 Å². The number of hydrogen-bond acceptors (Lipinski definition) is 5. The maximum absolute atomic E-state index is 13.3. The standard InChI is InChI=1S/C25H24N2O5S/c1-18(24(28)26(2)21-11-4-3-5-12-21)32-25(29)20-10-8-13-22(17-20)33(30,31)27-16-15-19-9-6-7-14-23(19)27/h3-14,17-18H,15-16H2,1-2H3. The van der Waals surface area contributed by atoms with E-state index in [-0.39, 0.29) is 10.5 Å². The van der Waals surface area contributed by atoms with Gasteiger partial charge in [0, 0.05) is 19.3 Å². The maximum Gasteiger partial charge on any atom is 0.338 e. The summed E-state index contributed by atoms with van der Waals surface area (Å²) in [6, 6.07) is 22.1. The number of anilines is 2. The number of fused-ring (bicyclic) bond motifs is 1. The molecule has 0 saturated heterocycles. The van der Waals surface area contributed by atoms with Gasteiger partial charge in [-0.25, -0.2) is 13.2 Å². The molecule has 1 unspecified atom stereocenters. The first-order valence-electron chi connectivity index (χ1n) is 10.5. The third-order valence-electron chi connectivity index (χ3n) is 5.61. The number of nitrogens with zero attached hydrogens (tertiary/aromatic N) is 2. The first-order valence-corrected chi connectivity index (χ1v) is 12.0. The van der Waals surface area contributed by atoms with Crippen molar-refractivity contribution >= 4 is 33.3 Å². The van der Waals surface area contributed by atoms with Crippen LogP contribution in [-0.4, -0.2) is 40.0 Å². The molecule has 7 nitrogen and oxygen atoms in total. The topological polar surface area (TPSA) is 84.0 Å². The summed E-state index contributed by atoms with van der Waals surface area (Å²) in [5.41, 5.74) is 2.34. The fraction of sp³-hybridized carbons (Fsp3) is 0.200. The van der Waals surface area contributed by atoms with E-state index in [4.69, 9.17) is 4.74 Å². The Kier molecular flexibility index (Phi) is 6.20. The number of para-hydroxylation sites is 2. The second kappa shape index (κ2) is 9.07. The van der Waals surface area contributed by atoms with Crippen LogP contribution >= 0.6 is 0 Å². The zero-order valence-corrected chi connectivity index (χ0v) is 19.2. The van der Waals surface area contributed by atoms with Gasteiger partial charge in [0.2, 0.25) is 0 Å². The van der Waals surface area contributed by atoms with E-state index in [0.29, 0.717) is 24.3 Å². The Morgan fingerprint density at radius 3 is 2.42 bits per heavy atom. The van der Waals surface area contributed by atoms with E-state index in [1.807, 2.05) is 18.2 Å². The molecule has 0 bridgehead atoms. The predicted molar refractivity (Wildman–Crippen MR) is 126 cm³/mol. The van der Waals surface area contributed by atoms with Gasteiger partial charge in [-0.1, -0.05) is 42.5 Å². The number of likely N-dealkylation sites (N-methyl/N-ethyl adjacent to an activating group) is 1. The van der Waals surface area contributed by atoms with E-state index >= 15 is 0 Å². The molecular weight excluding hydrogens is 440 g/mol. The Morgan fingerprint density at radius 2 is 1.67 bits per heavy atom. The van der Waals surface area contributed by atoms with Crippen LogP contribution in [0.4, 0.5) is 11.4 Å². The minimum atomic E-state index is -3.85. The van der Waals surface area contributed by atoms with Gasteiger partial charge in [0.25, 0.3) is 15.9 Å². The molecule has 1 amide bonds. The summed E-state index contributed by atoms with van der Waals surface area (Å²) >= 11 is 0. The third kappa shape index (κ3) is 4.47. The lowest BCUT2D eigenvalue weighted by Gasteiger charge is -2.22. The molecule has 0 aromatic heterocycles. The summed E-state index contributed by atoms with van der Waals surface area (Å²) in [6.45, 7) is 1.83. The normalized spacial score (nSPS) is 13.8. The number of hydrogen-bond donors (Lipinski definition) is 0. The molecule has 0 fully saturated rings. The predicted octanol–water partition coefficient (Wildman–Crippen LogP) is 3.65. The lowest BCUT2D eigenvalue weighted by atomic mass is 10.2. The van der Waals surface area contributed by atoms with Gasteiger partial charge in [-0.05, 0) is 55.3 Å². The third-order valence-corrected chi connectivity index (χ3v) is 7.42. The molecule has 0 spiro atoms. The van der Waals surface area contributed by atoms with Crippen molar-refractivity contribution < 1.29 is 22.7 Å².